The Hall–Kier alpha value is -1.03. The summed E-state index contributed by atoms with van der Waals surface area (Å²) in [6, 6.07) is 3.99. The monoisotopic (exact) mass is 268 g/mol. The summed E-state index contributed by atoms with van der Waals surface area (Å²) in [6.07, 6.45) is 6.27. The average molecular weight is 268 g/mol. The van der Waals surface area contributed by atoms with Crippen LogP contribution < -0.4 is 0 Å². The molecular weight excluding hydrogens is 251 g/mol. The maximum absolute atomic E-state index is 13.6. The maximum Gasteiger partial charge on any atom is 0.335 e. The van der Waals surface area contributed by atoms with Gasteiger partial charge in [-0.1, -0.05) is 19.3 Å². The summed E-state index contributed by atoms with van der Waals surface area (Å²) in [5.74, 6) is 0.215. The fraction of sp³-hybridized carbons (Fsp3) is 0.500. The minimum absolute atomic E-state index is 0.155. The zero-order valence-corrected chi connectivity index (χ0v) is 11.0. The van der Waals surface area contributed by atoms with Gasteiger partial charge >= 0.3 is 5.97 Å². The van der Waals surface area contributed by atoms with Crippen LogP contribution in [0.3, 0.4) is 0 Å². The van der Waals surface area contributed by atoms with Crippen LogP contribution in [0.5, 0.6) is 0 Å². The Morgan fingerprint density at radius 3 is 2.72 bits per heavy atom. The molecule has 1 fully saturated rings. The fourth-order valence-corrected chi connectivity index (χ4v) is 3.47. The van der Waals surface area contributed by atoms with Crippen LogP contribution in [0.15, 0.2) is 23.1 Å². The van der Waals surface area contributed by atoms with Crippen molar-refractivity contribution in [2.75, 3.05) is 5.75 Å². The molecule has 1 aromatic rings. The molecule has 0 spiro atoms. The van der Waals surface area contributed by atoms with Crippen molar-refractivity contribution in [1.29, 1.82) is 0 Å². The molecular formula is C14H17FO2S. The minimum Gasteiger partial charge on any atom is -0.478 e. The van der Waals surface area contributed by atoms with Gasteiger partial charge < -0.3 is 5.11 Å². The van der Waals surface area contributed by atoms with Crippen molar-refractivity contribution in [3.05, 3.63) is 29.6 Å². The Bertz CT molecular complexity index is 428. The Balaban J connectivity index is 1.99. The topological polar surface area (TPSA) is 37.3 Å². The van der Waals surface area contributed by atoms with Crippen molar-refractivity contribution in [2.24, 2.45) is 5.92 Å². The lowest BCUT2D eigenvalue weighted by molar-refractivity contribution is 0.0696. The summed E-state index contributed by atoms with van der Waals surface area (Å²) in [5.41, 5.74) is 0.155. The third-order valence-electron chi connectivity index (χ3n) is 3.38. The van der Waals surface area contributed by atoms with Gasteiger partial charge in [0.1, 0.15) is 5.82 Å². The molecule has 0 aromatic heterocycles. The van der Waals surface area contributed by atoms with Crippen molar-refractivity contribution in [3.8, 4) is 0 Å². The van der Waals surface area contributed by atoms with Gasteiger partial charge in [0, 0.05) is 10.6 Å². The normalized spacial score (nSPS) is 16.7. The number of rotatable bonds is 4. The van der Waals surface area contributed by atoms with E-state index in [-0.39, 0.29) is 11.4 Å². The highest BCUT2D eigenvalue weighted by Gasteiger charge is 2.15. The van der Waals surface area contributed by atoms with Crippen molar-refractivity contribution in [1.82, 2.24) is 0 Å². The summed E-state index contributed by atoms with van der Waals surface area (Å²) >= 11 is 1.45. The molecule has 98 valence electrons. The van der Waals surface area contributed by atoms with Gasteiger partial charge in [-0.2, -0.15) is 0 Å². The second-order valence-electron chi connectivity index (χ2n) is 4.77. The number of hydrogen-bond donors (Lipinski definition) is 1. The molecule has 0 radical (unpaired) electrons. The smallest absolute Gasteiger partial charge is 0.335 e. The summed E-state index contributed by atoms with van der Waals surface area (Å²) in [7, 11) is 0. The first-order valence-corrected chi connectivity index (χ1v) is 7.31. The van der Waals surface area contributed by atoms with E-state index in [0.717, 1.165) is 5.75 Å². The minimum atomic E-state index is -1.01. The highest BCUT2D eigenvalue weighted by Crippen LogP contribution is 2.31. The highest BCUT2D eigenvalue weighted by atomic mass is 32.2. The Morgan fingerprint density at radius 1 is 1.33 bits per heavy atom. The quantitative estimate of drug-likeness (QED) is 0.832. The summed E-state index contributed by atoms with van der Waals surface area (Å²) in [6.45, 7) is 0. The average Bonchev–Trinajstić information content (AvgIpc) is 2.38. The molecule has 1 aliphatic carbocycles. The first kappa shape index (κ1) is 13.4. The number of carbonyl (C=O) groups is 1. The lowest BCUT2D eigenvalue weighted by Crippen LogP contribution is -2.08. The predicted octanol–water partition coefficient (Wildman–Crippen LogP) is 4.20. The van der Waals surface area contributed by atoms with E-state index in [9.17, 15) is 9.18 Å². The van der Waals surface area contributed by atoms with Gasteiger partial charge in [0.15, 0.2) is 0 Å². The van der Waals surface area contributed by atoms with Crippen molar-refractivity contribution < 1.29 is 14.3 Å². The Morgan fingerprint density at radius 2 is 2.06 bits per heavy atom. The third-order valence-corrected chi connectivity index (χ3v) is 4.64. The van der Waals surface area contributed by atoms with E-state index in [2.05, 4.69) is 0 Å². The molecule has 0 heterocycles. The first-order chi connectivity index (χ1) is 8.66. The highest BCUT2D eigenvalue weighted by molar-refractivity contribution is 7.99. The maximum atomic E-state index is 13.6. The van der Waals surface area contributed by atoms with Crippen molar-refractivity contribution in [2.45, 2.75) is 37.0 Å². The van der Waals surface area contributed by atoms with E-state index in [1.807, 2.05) is 0 Å². The number of carboxylic acids is 1. The fourth-order valence-electron chi connectivity index (χ4n) is 2.31. The van der Waals surface area contributed by atoms with Gasteiger partial charge in [-0.05, 0) is 37.0 Å². The van der Waals surface area contributed by atoms with Crippen LogP contribution >= 0.6 is 11.8 Å². The number of carboxylic acid groups (broad SMARTS) is 1. The molecule has 4 heteroatoms. The lowest BCUT2D eigenvalue weighted by Gasteiger charge is -2.21. The van der Waals surface area contributed by atoms with Crippen LogP contribution in [0.2, 0.25) is 0 Å². The molecule has 0 atom stereocenters. The molecule has 0 amide bonds. The van der Waals surface area contributed by atoms with Crippen molar-refractivity contribution >= 4 is 17.7 Å². The van der Waals surface area contributed by atoms with E-state index in [1.54, 1.807) is 0 Å². The van der Waals surface area contributed by atoms with Gasteiger partial charge in [-0.25, -0.2) is 9.18 Å². The Kier molecular flexibility index (Phi) is 4.64. The van der Waals surface area contributed by atoms with Crippen LogP contribution in [0, 0.1) is 11.7 Å². The van der Waals surface area contributed by atoms with Crippen LogP contribution in [-0.2, 0) is 0 Å². The summed E-state index contributed by atoms with van der Waals surface area (Å²) < 4.78 is 13.6. The van der Waals surface area contributed by atoms with E-state index in [0.29, 0.717) is 10.8 Å². The molecule has 0 aliphatic heterocycles. The molecule has 1 aliphatic rings. The second-order valence-corrected chi connectivity index (χ2v) is 5.83. The molecule has 2 rings (SSSR count). The van der Waals surface area contributed by atoms with Gasteiger partial charge in [0.25, 0.3) is 0 Å². The van der Waals surface area contributed by atoms with Crippen LogP contribution in [0.4, 0.5) is 4.39 Å². The van der Waals surface area contributed by atoms with Gasteiger partial charge in [-0.15, -0.1) is 11.8 Å². The number of benzene rings is 1. The van der Waals surface area contributed by atoms with E-state index < -0.39 is 5.97 Å². The second kappa shape index (κ2) is 6.23. The van der Waals surface area contributed by atoms with Crippen LogP contribution in [-0.4, -0.2) is 16.8 Å². The standard InChI is InChI=1S/C14H17FO2S/c15-12-7-6-11(14(16)17)8-13(12)18-9-10-4-2-1-3-5-10/h6-8,10H,1-5,9H2,(H,16,17). The van der Waals surface area contributed by atoms with Crippen LogP contribution in [0.25, 0.3) is 0 Å². The number of hydrogen-bond acceptors (Lipinski definition) is 2. The molecule has 0 saturated heterocycles. The third kappa shape index (κ3) is 3.48. The first-order valence-electron chi connectivity index (χ1n) is 6.32. The zero-order chi connectivity index (χ0) is 13.0. The van der Waals surface area contributed by atoms with Crippen LogP contribution in [0.1, 0.15) is 42.5 Å². The van der Waals surface area contributed by atoms with Crippen molar-refractivity contribution in [3.63, 3.8) is 0 Å². The summed E-state index contributed by atoms with van der Waals surface area (Å²) in [4.78, 5) is 11.3. The van der Waals surface area contributed by atoms with E-state index in [1.165, 1.54) is 62.1 Å². The molecule has 1 saturated carbocycles. The van der Waals surface area contributed by atoms with Gasteiger partial charge in [-0.3, -0.25) is 0 Å². The SMILES string of the molecule is O=C(O)c1ccc(F)c(SCC2CCCCC2)c1. The number of halogens is 1. The van der Waals surface area contributed by atoms with Gasteiger partial charge in [0.2, 0.25) is 0 Å². The lowest BCUT2D eigenvalue weighted by atomic mass is 9.91. The zero-order valence-electron chi connectivity index (χ0n) is 10.2. The summed E-state index contributed by atoms with van der Waals surface area (Å²) in [5, 5.41) is 8.89. The molecule has 0 bridgehead atoms. The van der Waals surface area contributed by atoms with E-state index >= 15 is 0 Å². The molecule has 1 N–H and O–H groups in total. The van der Waals surface area contributed by atoms with E-state index in [4.69, 9.17) is 5.11 Å². The largest absolute Gasteiger partial charge is 0.478 e. The Labute approximate surface area is 111 Å². The predicted molar refractivity (Wildman–Crippen MR) is 70.7 cm³/mol. The molecule has 1 aromatic carbocycles. The van der Waals surface area contributed by atoms with Gasteiger partial charge in [0.05, 0.1) is 5.56 Å². The molecule has 2 nitrogen and oxygen atoms in total. The molecule has 18 heavy (non-hydrogen) atoms. The number of thioether (sulfide) groups is 1. The number of aromatic carboxylic acids is 1. The molecule has 0 unspecified atom stereocenters.